The zero-order chi connectivity index (χ0) is 14.7. The predicted octanol–water partition coefficient (Wildman–Crippen LogP) is 4.44. The molecule has 0 rings (SSSR count). The molecule has 0 saturated heterocycles. The van der Waals surface area contributed by atoms with E-state index in [1.165, 1.54) is 0 Å². The van der Waals surface area contributed by atoms with Gasteiger partial charge in [-0.15, -0.1) is 0 Å². The standard InChI is InChI=1S/C16H30O3/c1-4-6-8-10-13(3)15(17)12-14(16(18)19)11-9-7-5-2/h13-14H,4-12H2,1-3H3,(H,18,19). The minimum absolute atomic E-state index is 0.0135. The Kier molecular flexibility index (Phi) is 10.5. The van der Waals surface area contributed by atoms with Gasteiger partial charge in [-0.2, -0.15) is 0 Å². The summed E-state index contributed by atoms with van der Waals surface area (Å²) in [4.78, 5) is 23.2. The highest BCUT2D eigenvalue weighted by Crippen LogP contribution is 2.19. The Morgan fingerprint density at radius 1 is 0.947 bits per heavy atom. The van der Waals surface area contributed by atoms with E-state index in [1.807, 2.05) is 6.92 Å². The van der Waals surface area contributed by atoms with E-state index in [4.69, 9.17) is 5.11 Å². The number of hydrogen-bond acceptors (Lipinski definition) is 2. The van der Waals surface area contributed by atoms with E-state index >= 15 is 0 Å². The van der Waals surface area contributed by atoms with Gasteiger partial charge in [-0.25, -0.2) is 0 Å². The van der Waals surface area contributed by atoms with Crippen LogP contribution in [0.15, 0.2) is 0 Å². The average molecular weight is 270 g/mol. The van der Waals surface area contributed by atoms with Crippen molar-refractivity contribution in [2.24, 2.45) is 11.8 Å². The normalized spacial score (nSPS) is 14.1. The molecule has 0 aromatic carbocycles. The number of Topliss-reactive ketones (excluding diaryl/α,β-unsaturated/α-hetero) is 1. The monoisotopic (exact) mass is 270 g/mol. The molecule has 3 heteroatoms. The Balaban J connectivity index is 4.11. The molecule has 3 nitrogen and oxygen atoms in total. The Hall–Kier alpha value is -0.860. The lowest BCUT2D eigenvalue weighted by Gasteiger charge is -2.15. The number of carboxylic acid groups (broad SMARTS) is 1. The minimum atomic E-state index is -0.815. The smallest absolute Gasteiger partial charge is 0.306 e. The Morgan fingerprint density at radius 3 is 1.95 bits per heavy atom. The molecule has 0 saturated carbocycles. The third-order valence-electron chi connectivity index (χ3n) is 3.74. The van der Waals surface area contributed by atoms with Gasteiger partial charge >= 0.3 is 5.97 Å². The number of carboxylic acids is 1. The number of unbranched alkanes of at least 4 members (excludes halogenated alkanes) is 4. The molecule has 0 spiro atoms. The second-order valence-corrected chi connectivity index (χ2v) is 5.60. The molecule has 0 amide bonds. The van der Waals surface area contributed by atoms with Gasteiger partial charge in [0.1, 0.15) is 5.78 Å². The summed E-state index contributed by atoms with van der Waals surface area (Å²) in [6.45, 7) is 6.17. The molecule has 1 N–H and O–H groups in total. The molecule has 2 atom stereocenters. The van der Waals surface area contributed by atoms with Crippen LogP contribution in [-0.2, 0) is 9.59 Å². The van der Waals surface area contributed by atoms with Crippen molar-refractivity contribution < 1.29 is 14.7 Å². The van der Waals surface area contributed by atoms with Crippen LogP contribution in [0.5, 0.6) is 0 Å². The Labute approximate surface area is 117 Å². The van der Waals surface area contributed by atoms with Crippen LogP contribution < -0.4 is 0 Å². The van der Waals surface area contributed by atoms with Gasteiger partial charge in [0.15, 0.2) is 0 Å². The fraction of sp³-hybridized carbons (Fsp3) is 0.875. The predicted molar refractivity (Wildman–Crippen MR) is 78.2 cm³/mol. The third-order valence-corrected chi connectivity index (χ3v) is 3.74. The highest BCUT2D eigenvalue weighted by molar-refractivity contribution is 5.85. The molecule has 19 heavy (non-hydrogen) atoms. The topological polar surface area (TPSA) is 54.4 Å². The van der Waals surface area contributed by atoms with E-state index in [9.17, 15) is 9.59 Å². The lowest BCUT2D eigenvalue weighted by Crippen LogP contribution is -2.21. The van der Waals surface area contributed by atoms with Crippen molar-refractivity contribution in [3.8, 4) is 0 Å². The summed E-state index contributed by atoms with van der Waals surface area (Å²) in [6, 6.07) is 0. The lowest BCUT2D eigenvalue weighted by atomic mass is 9.89. The maximum Gasteiger partial charge on any atom is 0.306 e. The first-order valence-corrected chi connectivity index (χ1v) is 7.78. The highest BCUT2D eigenvalue weighted by Gasteiger charge is 2.23. The van der Waals surface area contributed by atoms with Crippen LogP contribution in [0.25, 0.3) is 0 Å². The van der Waals surface area contributed by atoms with Crippen molar-refractivity contribution in [1.82, 2.24) is 0 Å². The number of aliphatic carboxylic acids is 1. The number of hydrogen-bond donors (Lipinski definition) is 1. The largest absolute Gasteiger partial charge is 0.481 e. The number of carbonyl (C=O) groups excluding carboxylic acids is 1. The van der Waals surface area contributed by atoms with Gasteiger partial charge in [0.2, 0.25) is 0 Å². The van der Waals surface area contributed by atoms with Gasteiger partial charge in [-0.3, -0.25) is 9.59 Å². The van der Waals surface area contributed by atoms with E-state index in [1.54, 1.807) is 0 Å². The summed E-state index contributed by atoms with van der Waals surface area (Å²) >= 11 is 0. The van der Waals surface area contributed by atoms with E-state index in [-0.39, 0.29) is 18.1 Å². The van der Waals surface area contributed by atoms with Gasteiger partial charge < -0.3 is 5.11 Å². The number of ketones is 1. The summed E-state index contributed by atoms with van der Waals surface area (Å²) in [5, 5.41) is 9.17. The lowest BCUT2D eigenvalue weighted by molar-refractivity contribution is -0.144. The van der Waals surface area contributed by atoms with Crippen LogP contribution in [0.3, 0.4) is 0 Å². The summed E-state index contributed by atoms with van der Waals surface area (Å²) in [5.74, 6) is -1.16. The van der Waals surface area contributed by atoms with E-state index in [2.05, 4.69) is 13.8 Å². The highest BCUT2D eigenvalue weighted by atomic mass is 16.4. The molecule has 2 unspecified atom stereocenters. The van der Waals surface area contributed by atoms with Crippen molar-refractivity contribution in [2.75, 3.05) is 0 Å². The number of rotatable bonds is 12. The number of carbonyl (C=O) groups is 2. The van der Waals surface area contributed by atoms with Crippen LogP contribution in [0.2, 0.25) is 0 Å². The van der Waals surface area contributed by atoms with Crippen LogP contribution in [0, 0.1) is 11.8 Å². The fourth-order valence-electron chi connectivity index (χ4n) is 2.26. The fourth-order valence-corrected chi connectivity index (χ4v) is 2.26. The second kappa shape index (κ2) is 11.0. The van der Waals surface area contributed by atoms with E-state index in [0.717, 1.165) is 44.9 Å². The van der Waals surface area contributed by atoms with Gasteiger partial charge in [0, 0.05) is 12.3 Å². The maximum absolute atomic E-state index is 12.0. The molecule has 0 aliphatic rings. The van der Waals surface area contributed by atoms with Gasteiger partial charge in [0.25, 0.3) is 0 Å². The van der Waals surface area contributed by atoms with Crippen molar-refractivity contribution in [1.29, 1.82) is 0 Å². The molecule has 0 aromatic rings. The first-order chi connectivity index (χ1) is 9.02. The van der Waals surface area contributed by atoms with Gasteiger partial charge in [0.05, 0.1) is 5.92 Å². The second-order valence-electron chi connectivity index (χ2n) is 5.60. The molecule has 0 aliphatic heterocycles. The van der Waals surface area contributed by atoms with Crippen LogP contribution in [0.1, 0.15) is 78.6 Å². The third kappa shape index (κ3) is 8.79. The van der Waals surface area contributed by atoms with E-state index < -0.39 is 11.9 Å². The van der Waals surface area contributed by atoms with Crippen LogP contribution >= 0.6 is 0 Å². The van der Waals surface area contributed by atoms with Crippen molar-refractivity contribution in [2.45, 2.75) is 78.6 Å². The summed E-state index contributed by atoms with van der Waals surface area (Å²) < 4.78 is 0. The zero-order valence-electron chi connectivity index (χ0n) is 12.8. The van der Waals surface area contributed by atoms with Crippen molar-refractivity contribution >= 4 is 11.8 Å². The molecular formula is C16H30O3. The van der Waals surface area contributed by atoms with Crippen LogP contribution in [-0.4, -0.2) is 16.9 Å². The Bertz CT molecular complexity index is 261. The molecule has 0 bridgehead atoms. The van der Waals surface area contributed by atoms with E-state index in [0.29, 0.717) is 6.42 Å². The Morgan fingerprint density at radius 2 is 1.47 bits per heavy atom. The summed E-state index contributed by atoms with van der Waals surface area (Å²) in [7, 11) is 0. The molecule has 112 valence electrons. The molecule has 0 fully saturated rings. The summed E-state index contributed by atoms with van der Waals surface area (Å²) in [5.41, 5.74) is 0. The summed E-state index contributed by atoms with van der Waals surface area (Å²) in [6.07, 6.45) is 8.14. The SMILES string of the molecule is CCCCCC(C)C(=O)CC(CCCCC)C(=O)O. The molecule has 0 aromatic heterocycles. The molecule has 0 heterocycles. The van der Waals surface area contributed by atoms with Gasteiger partial charge in [-0.1, -0.05) is 59.3 Å². The molecular weight excluding hydrogens is 240 g/mol. The molecule has 0 aliphatic carbocycles. The average Bonchev–Trinajstić information content (AvgIpc) is 2.37. The minimum Gasteiger partial charge on any atom is -0.481 e. The van der Waals surface area contributed by atoms with Crippen molar-refractivity contribution in [3.63, 3.8) is 0 Å². The van der Waals surface area contributed by atoms with Crippen LogP contribution in [0.4, 0.5) is 0 Å². The van der Waals surface area contributed by atoms with Gasteiger partial charge in [-0.05, 0) is 12.8 Å². The first kappa shape index (κ1) is 18.1. The first-order valence-electron chi connectivity index (χ1n) is 7.78. The zero-order valence-corrected chi connectivity index (χ0v) is 12.8. The maximum atomic E-state index is 12.0. The quantitative estimate of drug-likeness (QED) is 0.533. The molecule has 0 radical (unpaired) electrons. The van der Waals surface area contributed by atoms with Crippen molar-refractivity contribution in [3.05, 3.63) is 0 Å².